The van der Waals surface area contributed by atoms with Crippen LogP contribution in [0.25, 0.3) is 10.9 Å². The van der Waals surface area contributed by atoms with E-state index >= 15 is 0 Å². The van der Waals surface area contributed by atoms with E-state index in [1.807, 2.05) is 30.3 Å². The maximum Gasteiger partial charge on any atom is 0.199 e. The van der Waals surface area contributed by atoms with Gasteiger partial charge in [-0.1, -0.05) is 24.3 Å². The van der Waals surface area contributed by atoms with Crippen LogP contribution in [0.4, 0.5) is 15.9 Å². The standard InChI is InChI=1S/C14H10FN3S/c15-10-7-4-8-11-12(10)13(18-14(19)17-11)16-9-5-2-1-3-6-9/h1-8H,(H2,16,17,18,19). The van der Waals surface area contributed by atoms with Gasteiger partial charge in [-0.15, -0.1) is 0 Å². The molecule has 2 aromatic carbocycles. The summed E-state index contributed by atoms with van der Waals surface area (Å²) in [5, 5.41) is 3.49. The van der Waals surface area contributed by atoms with E-state index in [0.29, 0.717) is 21.5 Å². The van der Waals surface area contributed by atoms with E-state index in [1.54, 1.807) is 12.1 Å². The Morgan fingerprint density at radius 2 is 1.84 bits per heavy atom. The van der Waals surface area contributed by atoms with Crippen molar-refractivity contribution in [3.8, 4) is 0 Å². The first-order valence-electron chi connectivity index (χ1n) is 5.75. The van der Waals surface area contributed by atoms with Crippen molar-refractivity contribution in [1.82, 2.24) is 9.97 Å². The van der Waals surface area contributed by atoms with E-state index in [-0.39, 0.29) is 5.82 Å². The lowest BCUT2D eigenvalue weighted by atomic mass is 10.2. The number of hydrogen-bond acceptors (Lipinski definition) is 3. The molecule has 5 heteroatoms. The minimum absolute atomic E-state index is 0.316. The molecule has 3 rings (SSSR count). The van der Waals surface area contributed by atoms with Crippen LogP contribution in [0.2, 0.25) is 0 Å². The number of nitrogens with zero attached hydrogens (tertiary/aromatic N) is 1. The molecule has 2 N–H and O–H groups in total. The van der Waals surface area contributed by atoms with E-state index in [2.05, 4.69) is 15.3 Å². The molecule has 0 radical (unpaired) electrons. The van der Waals surface area contributed by atoms with Crippen LogP contribution in [0, 0.1) is 10.6 Å². The van der Waals surface area contributed by atoms with Gasteiger partial charge in [0.15, 0.2) is 4.77 Å². The smallest absolute Gasteiger partial charge is 0.199 e. The van der Waals surface area contributed by atoms with Gasteiger partial charge in [0, 0.05) is 5.69 Å². The van der Waals surface area contributed by atoms with Gasteiger partial charge in [-0.05, 0) is 36.5 Å². The first kappa shape index (κ1) is 11.8. The number of rotatable bonds is 2. The Morgan fingerprint density at radius 3 is 2.63 bits per heavy atom. The van der Waals surface area contributed by atoms with Crippen molar-refractivity contribution in [3.05, 3.63) is 59.1 Å². The molecule has 0 aliphatic heterocycles. The molecule has 0 saturated heterocycles. The second kappa shape index (κ2) is 4.78. The van der Waals surface area contributed by atoms with Crippen molar-refractivity contribution in [3.63, 3.8) is 0 Å². The second-order valence-corrected chi connectivity index (χ2v) is 4.43. The summed E-state index contributed by atoms with van der Waals surface area (Å²) in [6, 6.07) is 14.3. The summed E-state index contributed by atoms with van der Waals surface area (Å²) in [5.41, 5.74) is 1.46. The summed E-state index contributed by atoms with van der Waals surface area (Å²) >= 11 is 5.06. The van der Waals surface area contributed by atoms with Crippen LogP contribution in [-0.4, -0.2) is 9.97 Å². The molecular weight excluding hydrogens is 261 g/mol. The van der Waals surface area contributed by atoms with Crippen LogP contribution in [0.15, 0.2) is 48.5 Å². The fourth-order valence-electron chi connectivity index (χ4n) is 1.92. The van der Waals surface area contributed by atoms with Crippen molar-refractivity contribution in [1.29, 1.82) is 0 Å². The van der Waals surface area contributed by atoms with Gasteiger partial charge in [0.05, 0.1) is 10.9 Å². The molecule has 0 bridgehead atoms. The highest BCUT2D eigenvalue weighted by molar-refractivity contribution is 7.71. The SMILES string of the molecule is Fc1cccc2[nH]c(=S)nc(Nc3ccccc3)c12. The number of halogens is 1. The van der Waals surface area contributed by atoms with Crippen LogP contribution in [0.5, 0.6) is 0 Å². The fraction of sp³-hybridized carbons (Fsp3) is 0. The summed E-state index contributed by atoms with van der Waals surface area (Å²) in [6.07, 6.45) is 0. The Morgan fingerprint density at radius 1 is 1.05 bits per heavy atom. The number of fused-ring (bicyclic) bond motifs is 1. The van der Waals surface area contributed by atoms with E-state index in [4.69, 9.17) is 12.2 Å². The average Bonchev–Trinajstić information content (AvgIpc) is 2.39. The Labute approximate surface area is 114 Å². The molecule has 19 heavy (non-hydrogen) atoms. The van der Waals surface area contributed by atoms with Crippen LogP contribution < -0.4 is 5.32 Å². The first-order chi connectivity index (χ1) is 9.24. The Bertz CT molecular complexity index is 784. The lowest BCUT2D eigenvalue weighted by Gasteiger charge is -2.09. The van der Waals surface area contributed by atoms with E-state index < -0.39 is 0 Å². The lowest BCUT2D eigenvalue weighted by molar-refractivity contribution is 0.639. The van der Waals surface area contributed by atoms with Gasteiger partial charge in [-0.3, -0.25) is 0 Å². The van der Waals surface area contributed by atoms with Gasteiger partial charge in [-0.2, -0.15) is 0 Å². The number of benzene rings is 2. The van der Waals surface area contributed by atoms with E-state index in [9.17, 15) is 4.39 Å². The van der Waals surface area contributed by atoms with E-state index in [1.165, 1.54) is 6.07 Å². The molecule has 94 valence electrons. The minimum Gasteiger partial charge on any atom is -0.339 e. The molecule has 0 saturated carbocycles. The molecule has 0 unspecified atom stereocenters. The molecule has 3 aromatic rings. The fourth-order valence-corrected chi connectivity index (χ4v) is 2.12. The Balaban J connectivity index is 2.20. The van der Waals surface area contributed by atoms with Crippen LogP contribution in [0.1, 0.15) is 0 Å². The highest BCUT2D eigenvalue weighted by Gasteiger charge is 2.08. The third-order valence-electron chi connectivity index (χ3n) is 2.74. The third kappa shape index (κ3) is 2.32. The van der Waals surface area contributed by atoms with Gasteiger partial charge in [0.2, 0.25) is 0 Å². The summed E-state index contributed by atoms with van der Waals surface area (Å²) in [5.74, 6) is 0.0812. The van der Waals surface area contributed by atoms with Crippen molar-refractivity contribution in [2.24, 2.45) is 0 Å². The van der Waals surface area contributed by atoms with E-state index in [0.717, 1.165) is 5.69 Å². The number of anilines is 2. The normalized spacial score (nSPS) is 10.6. The predicted molar refractivity (Wildman–Crippen MR) is 76.6 cm³/mol. The maximum absolute atomic E-state index is 13.9. The van der Waals surface area contributed by atoms with Gasteiger partial charge in [-0.25, -0.2) is 9.37 Å². The van der Waals surface area contributed by atoms with Gasteiger partial charge >= 0.3 is 0 Å². The topological polar surface area (TPSA) is 40.7 Å². The molecule has 3 nitrogen and oxygen atoms in total. The monoisotopic (exact) mass is 271 g/mol. The zero-order chi connectivity index (χ0) is 13.2. The number of nitrogens with one attached hydrogen (secondary N) is 2. The number of aromatic amines is 1. The second-order valence-electron chi connectivity index (χ2n) is 4.04. The summed E-state index contributed by atoms with van der Waals surface area (Å²) < 4.78 is 14.3. The predicted octanol–water partition coefficient (Wildman–Crippen LogP) is 4.18. The molecule has 0 aliphatic rings. The summed E-state index contributed by atoms with van der Waals surface area (Å²) in [4.78, 5) is 7.05. The van der Waals surface area contributed by atoms with Gasteiger partial charge < -0.3 is 10.3 Å². The Kier molecular flexibility index (Phi) is 2.97. The van der Waals surface area contributed by atoms with Crippen LogP contribution in [-0.2, 0) is 0 Å². The minimum atomic E-state index is -0.338. The number of H-pyrrole nitrogens is 1. The molecular formula is C14H10FN3S. The van der Waals surface area contributed by atoms with Gasteiger partial charge in [0.1, 0.15) is 11.6 Å². The molecule has 0 atom stereocenters. The Hall–Kier alpha value is -2.27. The van der Waals surface area contributed by atoms with Gasteiger partial charge in [0.25, 0.3) is 0 Å². The first-order valence-corrected chi connectivity index (χ1v) is 6.15. The summed E-state index contributed by atoms with van der Waals surface area (Å²) in [7, 11) is 0. The van der Waals surface area contributed by atoms with Crippen molar-refractivity contribution in [2.45, 2.75) is 0 Å². The highest BCUT2D eigenvalue weighted by Crippen LogP contribution is 2.25. The number of para-hydroxylation sites is 1. The van der Waals surface area contributed by atoms with Crippen LogP contribution in [0.3, 0.4) is 0 Å². The molecule has 0 fully saturated rings. The van der Waals surface area contributed by atoms with Crippen molar-refractivity contribution < 1.29 is 4.39 Å². The lowest BCUT2D eigenvalue weighted by Crippen LogP contribution is -1.98. The van der Waals surface area contributed by atoms with Crippen molar-refractivity contribution >= 4 is 34.6 Å². The third-order valence-corrected chi connectivity index (χ3v) is 2.94. The zero-order valence-corrected chi connectivity index (χ0v) is 10.7. The molecule has 0 spiro atoms. The highest BCUT2D eigenvalue weighted by atomic mass is 32.1. The maximum atomic E-state index is 13.9. The number of aromatic nitrogens is 2. The quantitative estimate of drug-likeness (QED) is 0.687. The molecule has 0 amide bonds. The zero-order valence-electron chi connectivity index (χ0n) is 9.85. The molecule has 1 aromatic heterocycles. The largest absolute Gasteiger partial charge is 0.339 e. The number of hydrogen-bond donors (Lipinski definition) is 2. The average molecular weight is 271 g/mol. The summed E-state index contributed by atoms with van der Waals surface area (Å²) in [6.45, 7) is 0. The van der Waals surface area contributed by atoms with Crippen molar-refractivity contribution in [2.75, 3.05) is 5.32 Å². The molecule has 1 heterocycles. The molecule has 0 aliphatic carbocycles. The van der Waals surface area contributed by atoms with Crippen LogP contribution >= 0.6 is 12.2 Å².